The summed E-state index contributed by atoms with van der Waals surface area (Å²) >= 11 is 0. The molecule has 1 aliphatic rings. The molecule has 1 fully saturated rings. The van der Waals surface area contributed by atoms with Crippen LogP contribution >= 0.6 is 0 Å². The summed E-state index contributed by atoms with van der Waals surface area (Å²) in [7, 11) is 0. The van der Waals surface area contributed by atoms with Crippen LogP contribution in [0.2, 0.25) is 0 Å². The molecule has 2 unspecified atom stereocenters. The van der Waals surface area contributed by atoms with E-state index in [2.05, 4.69) is 4.98 Å². The molecule has 1 aromatic rings. The number of nitrogens with zero attached hydrogens (tertiary/aromatic N) is 1. The number of aryl methyl sites for hydroxylation is 1. The Bertz CT molecular complexity index is 474. The quantitative estimate of drug-likeness (QED) is 0.735. The van der Waals surface area contributed by atoms with E-state index < -0.39 is 5.69 Å². The number of aromatic amines is 1. The molecule has 0 saturated carbocycles. The molecule has 0 aliphatic carbocycles. The van der Waals surface area contributed by atoms with Gasteiger partial charge < -0.3 is 4.74 Å². The average molecular weight is 210 g/mol. The summed E-state index contributed by atoms with van der Waals surface area (Å²) in [6.45, 7) is 3.65. The molecule has 2 rings (SSSR count). The fourth-order valence-corrected chi connectivity index (χ4v) is 1.79. The van der Waals surface area contributed by atoms with Crippen molar-refractivity contribution in [2.24, 2.45) is 0 Å². The summed E-state index contributed by atoms with van der Waals surface area (Å²) in [5.41, 5.74) is -0.204. The zero-order chi connectivity index (χ0) is 11.0. The fourth-order valence-electron chi connectivity index (χ4n) is 1.79. The number of rotatable bonds is 1. The maximum Gasteiger partial charge on any atom is 0.330 e. The molecular weight excluding hydrogens is 196 g/mol. The first-order valence-electron chi connectivity index (χ1n) is 5.05. The van der Waals surface area contributed by atoms with Crippen molar-refractivity contribution in [1.29, 1.82) is 0 Å². The van der Waals surface area contributed by atoms with Crippen molar-refractivity contribution in [3.8, 4) is 0 Å². The number of aromatic nitrogens is 2. The van der Waals surface area contributed by atoms with Crippen LogP contribution in [0.5, 0.6) is 0 Å². The minimum Gasteiger partial charge on any atom is -0.355 e. The maximum absolute atomic E-state index is 11.5. The predicted molar refractivity (Wildman–Crippen MR) is 54.9 cm³/mol. The molecule has 0 radical (unpaired) electrons. The van der Waals surface area contributed by atoms with Gasteiger partial charge >= 0.3 is 5.69 Å². The second-order valence-corrected chi connectivity index (χ2v) is 3.96. The van der Waals surface area contributed by atoms with Gasteiger partial charge in [0.1, 0.15) is 6.23 Å². The third-order valence-corrected chi connectivity index (χ3v) is 2.67. The lowest BCUT2D eigenvalue weighted by atomic mass is 10.2. The van der Waals surface area contributed by atoms with Crippen molar-refractivity contribution in [2.45, 2.75) is 39.0 Å². The van der Waals surface area contributed by atoms with Crippen LogP contribution in [0.25, 0.3) is 0 Å². The van der Waals surface area contributed by atoms with E-state index in [4.69, 9.17) is 4.74 Å². The lowest BCUT2D eigenvalue weighted by Crippen LogP contribution is -2.33. The number of H-pyrrole nitrogens is 1. The van der Waals surface area contributed by atoms with Crippen LogP contribution in [-0.4, -0.2) is 15.7 Å². The number of hydrogen-bond donors (Lipinski definition) is 1. The Morgan fingerprint density at radius 2 is 2.20 bits per heavy atom. The van der Waals surface area contributed by atoms with E-state index in [-0.39, 0.29) is 17.9 Å². The zero-order valence-corrected chi connectivity index (χ0v) is 8.82. The van der Waals surface area contributed by atoms with Gasteiger partial charge in [-0.05, 0) is 26.7 Å². The van der Waals surface area contributed by atoms with E-state index in [0.29, 0.717) is 5.56 Å². The third kappa shape index (κ3) is 1.87. The zero-order valence-electron chi connectivity index (χ0n) is 8.82. The van der Waals surface area contributed by atoms with Gasteiger partial charge in [-0.15, -0.1) is 0 Å². The van der Waals surface area contributed by atoms with Crippen molar-refractivity contribution in [3.05, 3.63) is 32.6 Å². The molecule has 0 aromatic carbocycles. The van der Waals surface area contributed by atoms with Gasteiger partial charge in [0.15, 0.2) is 0 Å². The van der Waals surface area contributed by atoms with Crippen LogP contribution in [0.15, 0.2) is 15.8 Å². The molecule has 1 N–H and O–H groups in total. The van der Waals surface area contributed by atoms with Gasteiger partial charge in [0.05, 0.1) is 6.10 Å². The first-order chi connectivity index (χ1) is 7.08. The second kappa shape index (κ2) is 3.66. The van der Waals surface area contributed by atoms with Gasteiger partial charge in [-0.1, -0.05) is 0 Å². The standard InChI is InChI=1S/C10H14N2O3/c1-6-5-12(10(14)11-9(6)13)8-4-3-7(2)15-8/h5,7-8H,3-4H2,1-2H3,(H,11,13,14). The summed E-state index contributed by atoms with van der Waals surface area (Å²) < 4.78 is 7.02. The van der Waals surface area contributed by atoms with Gasteiger partial charge in [-0.3, -0.25) is 14.3 Å². The van der Waals surface area contributed by atoms with Crippen molar-refractivity contribution >= 4 is 0 Å². The van der Waals surface area contributed by atoms with Crippen LogP contribution in [0, 0.1) is 6.92 Å². The Morgan fingerprint density at radius 1 is 1.47 bits per heavy atom. The molecule has 15 heavy (non-hydrogen) atoms. The number of ether oxygens (including phenoxy) is 1. The Kier molecular flexibility index (Phi) is 2.48. The van der Waals surface area contributed by atoms with Crippen LogP contribution in [0.3, 0.4) is 0 Å². The van der Waals surface area contributed by atoms with E-state index in [9.17, 15) is 9.59 Å². The predicted octanol–water partition coefficient (Wildman–Crippen LogP) is 0.543. The second-order valence-electron chi connectivity index (χ2n) is 3.96. The fraction of sp³-hybridized carbons (Fsp3) is 0.600. The summed E-state index contributed by atoms with van der Waals surface area (Å²) in [6.07, 6.45) is 3.25. The first kappa shape index (κ1) is 10.2. The van der Waals surface area contributed by atoms with Gasteiger partial charge in [0.2, 0.25) is 0 Å². The van der Waals surface area contributed by atoms with Crippen LogP contribution in [0.4, 0.5) is 0 Å². The average Bonchev–Trinajstić information content (AvgIpc) is 2.58. The molecule has 2 heterocycles. The lowest BCUT2D eigenvalue weighted by molar-refractivity contribution is 0.00780. The minimum atomic E-state index is -0.398. The lowest BCUT2D eigenvalue weighted by Gasteiger charge is -2.14. The summed E-state index contributed by atoms with van der Waals surface area (Å²) in [6, 6.07) is 0. The van der Waals surface area contributed by atoms with Crippen molar-refractivity contribution in [1.82, 2.24) is 9.55 Å². The highest BCUT2D eigenvalue weighted by Crippen LogP contribution is 2.26. The molecule has 5 nitrogen and oxygen atoms in total. The number of nitrogens with one attached hydrogen (secondary N) is 1. The van der Waals surface area contributed by atoms with E-state index in [1.807, 2.05) is 6.92 Å². The third-order valence-electron chi connectivity index (χ3n) is 2.67. The summed E-state index contributed by atoms with van der Waals surface area (Å²) in [4.78, 5) is 24.9. The molecule has 82 valence electrons. The monoisotopic (exact) mass is 210 g/mol. The Hall–Kier alpha value is -1.36. The smallest absolute Gasteiger partial charge is 0.330 e. The summed E-state index contributed by atoms with van der Waals surface area (Å²) in [5, 5.41) is 0. The largest absolute Gasteiger partial charge is 0.355 e. The Morgan fingerprint density at radius 3 is 2.80 bits per heavy atom. The highest BCUT2D eigenvalue weighted by molar-refractivity contribution is 5.01. The topological polar surface area (TPSA) is 64.1 Å². The molecule has 2 atom stereocenters. The Labute approximate surface area is 86.7 Å². The van der Waals surface area contributed by atoms with E-state index >= 15 is 0 Å². The minimum absolute atomic E-state index is 0.175. The van der Waals surface area contributed by atoms with Crippen LogP contribution in [0.1, 0.15) is 31.6 Å². The molecule has 1 aliphatic heterocycles. The highest BCUT2D eigenvalue weighted by atomic mass is 16.5. The van der Waals surface area contributed by atoms with Crippen molar-refractivity contribution in [3.63, 3.8) is 0 Å². The van der Waals surface area contributed by atoms with Gasteiger partial charge in [-0.25, -0.2) is 4.79 Å². The first-order valence-corrected chi connectivity index (χ1v) is 5.05. The maximum atomic E-state index is 11.5. The Balaban J connectivity index is 2.41. The molecule has 0 amide bonds. The molecule has 1 saturated heterocycles. The van der Waals surface area contributed by atoms with Crippen molar-refractivity contribution < 1.29 is 4.74 Å². The van der Waals surface area contributed by atoms with Crippen LogP contribution < -0.4 is 11.2 Å². The summed E-state index contributed by atoms with van der Waals surface area (Å²) in [5.74, 6) is 0. The van der Waals surface area contributed by atoms with Gasteiger partial charge in [0, 0.05) is 11.8 Å². The highest BCUT2D eigenvalue weighted by Gasteiger charge is 2.24. The normalized spacial score (nSPS) is 25.7. The van der Waals surface area contributed by atoms with Gasteiger partial charge in [0.25, 0.3) is 5.56 Å². The van der Waals surface area contributed by atoms with Crippen LogP contribution in [-0.2, 0) is 4.74 Å². The molecule has 0 bridgehead atoms. The molecule has 1 aromatic heterocycles. The van der Waals surface area contributed by atoms with E-state index in [1.54, 1.807) is 13.1 Å². The molecular formula is C10H14N2O3. The van der Waals surface area contributed by atoms with Crippen molar-refractivity contribution in [2.75, 3.05) is 0 Å². The van der Waals surface area contributed by atoms with E-state index in [1.165, 1.54) is 4.57 Å². The van der Waals surface area contributed by atoms with Gasteiger partial charge in [-0.2, -0.15) is 0 Å². The SMILES string of the molecule is Cc1cn(C2CCC(C)O2)c(=O)[nH]c1=O. The van der Waals surface area contributed by atoms with E-state index in [0.717, 1.165) is 12.8 Å². The molecule has 5 heteroatoms. The molecule has 0 spiro atoms. The number of hydrogen-bond acceptors (Lipinski definition) is 3.